The molecule has 33 heavy (non-hydrogen) atoms. The maximum absolute atomic E-state index is 13.0. The van der Waals surface area contributed by atoms with Gasteiger partial charge in [0.25, 0.3) is 0 Å². The normalized spacial score (nSPS) is 18.2. The number of hydrogen-bond acceptors (Lipinski definition) is 5. The van der Waals surface area contributed by atoms with E-state index in [1.807, 2.05) is 24.3 Å². The summed E-state index contributed by atoms with van der Waals surface area (Å²) in [5.74, 6) is 0.633. The van der Waals surface area contributed by atoms with Crippen LogP contribution in [0.4, 0.5) is 0 Å². The largest absolute Gasteiger partial charge is 0.476 e. The first kappa shape index (κ1) is 22.8. The van der Waals surface area contributed by atoms with Crippen molar-refractivity contribution >= 4 is 11.8 Å². The number of ketones is 1. The van der Waals surface area contributed by atoms with E-state index in [0.717, 1.165) is 30.4 Å². The monoisotopic (exact) mass is 446 g/mol. The van der Waals surface area contributed by atoms with Gasteiger partial charge in [0.1, 0.15) is 5.82 Å². The van der Waals surface area contributed by atoms with Crippen LogP contribution in [-0.4, -0.2) is 37.0 Å². The van der Waals surface area contributed by atoms with Crippen molar-refractivity contribution in [1.82, 2.24) is 20.2 Å². The Kier molecular flexibility index (Phi) is 7.27. The Bertz CT molecular complexity index is 1110. The summed E-state index contributed by atoms with van der Waals surface area (Å²) in [6.07, 6.45) is 9.85. The second-order valence-corrected chi connectivity index (χ2v) is 8.92. The van der Waals surface area contributed by atoms with E-state index in [1.165, 1.54) is 31.9 Å². The number of carboxylic acids is 1. The first-order valence-corrected chi connectivity index (χ1v) is 11.8. The number of carbonyl (C=O) groups excluding carboxylic acids is 1. The molecule has 172 valence electrons. The minimum atomic E-state index is -1.05. The molecule has 7 nitrogen and oxygen atoms in total. The molecule has 0 aliphatic heterocycles. The third kappa shape index (κ3) is 5.53. The fraction of sp³-hybridized carbons (Fsp3) is 0.423. The van der Waals surface area contributed by atoms with Crippen LogP contribution in [0.1, 0.15) is 84.4 Å². The van der Waals surface area contributed by atoms with Crippen molar-refractivity contribution < 1.29 is 14.7 Å². The van der Waals surface area contributed by atoms with E-state index in [1.54, 1.807) is 12.1 Å². The second-order valence-electron chi connectivity index (χ2n) is 8.92. The number of nitrogens with zero attached hydrogens (tertiary/aromatic N) is 3. The number of rotatable bonds is 9. The first-order chi connectivity index (χ1) is 16.0. The second kappa shape index (κ2) is 10.5. The van der Waals surface area contributed by atoms with Crippen molar-refractivity contribution in [3.63, 3.8) is 0 Å². The fourth-order valence-electron chi connectivity index (χ4n) is 4.76. The molecule has 1 aliphatic rings. The third-order valence-electron chi connectivity index (χ3n) is 6.52. The minimum Gasteiger partial charge on any atom is -0.476 e. The first-order valence-electron chi connectivity index (χ1n) is 11.8. The van der Waals surface area contributed by atoms with Gasteiger partial charge in [0.05, 0.1) is 0 Å². The predicted octanol–water partition coefficient (Wildman–Crippen LogP) is 5.34. The maximum Gasteiger partial charge on any atom is 0.355 e. The van der Waals surface area contributed by atoms with E-state index in [-0.39, 0.29) is 17.4 Å². The highest BCUT2D eigenvalue weighted by Gasteiger charge is 2.29. The molecule has 2 unspecified atom stereocenters. The molecule has 1 aliphatic carbocycles. The van der Waals surface area contributed by atoms with Gasteiger partial charge in [0, 0.05) is 24.1 Å². The summed E-state index contributed by atoms with van der Waals surface area (Å²) in [6, 6.07) is 11.1. The average Bonchev–Trinajstić information content (AvgIpc) is 3.31. The molecule has 0 radical (unpaired) electrons. The van der Waals surface area contributed by atoms with Crippen LogP contribution in [0, 0.1) is 11.8 Å². The van der Waals surface area contributed by atoms with Gasteiger partial charge in [0.15, 0.2) is 5.69 Å². The SMILES string of the molecule is CCCCC1CCCC(C(=O)c2n[nH]c(Cc3ccc(-c4cccnc4C(=O)O)cc3)n2)C1. The van der Waals surface area contributed by atoms with Gasteiger partial charge in [-0.15, -0.1) is 0 Å². The number of H-pyrrole nitrogens is 1. The molecule has 0 amide bonds. The van der Waals surface area contributed by atoms with Gasteiger partial charge in [-0.3, -0.25) is 9.89 Å². The summed E-state index contributed by atoms with van der Waals surface area (Å²) in [4.78, 5) is 32.9. The van der Waals surface area contributed by atoms with Crippen LogP contribution in [0.5, 0.6) is 0 Å². The molecule has 3 aromatic rings. The number of unbranched alkanes of at least 4 members (excludes halogenated alkanes) is 1. The van der Waals surface area contributed by atoms with E-state index in [2.05, 4.69) is 27.1 Å². The molecule has 4 rings (SSSR count). The topological polar surface area (TPSA) is 109 Å². The molecule has 2 atom stereocenters. The highest BCUT2D eigenvalue weighted by molar-refractivity contribution is 5.94. The van der Waals surface area contributed by atoms with Crippen molar-refractivity contribution in [3.8, 4) is 11.1 Å². The van der Waals surface area contributed by atoms with Gasteiger partial charge in [-0.05, 0) is 36.0 Å². The highest BCUT2D eigenvalue weighted by atomic mass is 16.4. The Morgan fingerprint density at radius 3 is 2.73 bits per heavy atom. The molecule has 1 fully saturated rings. The van der Waals surface area contributed by atoms with Gasteiger partial charge in [-0.2, -0.15) is 5.10 Å². The number of carboxylic acid groups (broad SMARTS) is 1. The number of carbonyl (C=O) groups is 2. The number of aromatic carboxylic acids is 1. The zero-order chi connectivity index (χ0) is 23.2. The standard InChI is InChI=1S/C26H30N4O3/c1-2-3-6-17-7-4-8-20(15-17)24(31)25-28-22(29-30-25)16-18-10-12-19(13-11-18)21-9-5-14-27-23(21)26(32)33/h5,9-14,17,20H,2-4,6-8,15-16H2,1H3,(H,32,33)(H,28,29,30). The van der Waals surface area contributed by atoms with Crippen LogP contribution in [0.2, 0.25) is 0 Å². The highest BCUT2D eigenvalue weighted by Crippen LogP contribution is 2.33. The van der Waals surface area contributed by atoms with Gasteiger partial charge >= 0.3 is 5.97 Å². The number of nitrogens with one attached hydrogen (secondary N) is 1. The molecule has 1 saturated carbocycles. The van der Waals surface area contributed by atoms with Crippen LogP contribution in [0.15, 0.2) is 42.6 Å². The Hall–Kier alpha value is -3.35. The third-order valence-corrected chi connectivity index (χ3v) is 6.52. The molecular weight excluding hydrogens is 416 g/mol. The maximum atomic E-state index is 13.0. The molecule has 2 aromatic heterocycles. The van der Waals surface area contributed by atoms with Gasteiger partial charge in [-0.1, -0.05) is 69.4 Å². The van der Waals surface area contributed by atoms with E-state index in [9.17, 15) is 14.7 Å². The zero-order valence-electron chi connectivity index (χ0n) is 19.0. The van der Waals surface area contributed by atoms with Crippen molar-refractivity contribution in [3.05, 3.63) is 65.5 Å². The zero-order valence-corrected chi connectivity index (χ0v) is 19.0. The van der Waals surface area contributed by atoms with Crippen molar-refractivity contribution in [2.45, 2.75) is 58.3 Å². The molecule has 0 saturated heterocycles. The van der Waals surface area contributed by atoms with Crippen LogP contribution >= 0.6 is 0 Å². The number of aromatic nitrogens is 4. The molecule has 7 heteroatoms. The summed E-state index contributed by atoms with van der Waals surface area (Å²) in [7, 11) is 0. The Balaban J connectivity index is 1.41. The van der Waals surface area contributed by atoms with Gasteiger partial charge in [0.2, 0.25) is 11.6 Å². The van der Waals surface area contributed by atoms with Crippen molar-refractivity contribution in [2.24, 2.45) is 11.8 Å². The number of benzene rings is 1. The Morgan fingerprint density at radius 1 is 1.15 bits per heavy atom. The van der Waals surface area contributed by atoms with Crippen LogP contribution in [0.25, 0.3) is 11.1 Å². The summed E-state index contributed by atoms with van der Waals surface area (Å²) in [5.41, 5.74) is 2.39. The van der Waals surface area contributed by atoms with Crippen LogP contribution in [0.3, 0.4) is 0 Å². The number of aromatic amines is 1. The predicted molar refractivity (Wildman–Crippen MR) is 125 cm³/mol. The molecule has 1 aromatic carbocycles. The van der Waals surface area contributed by atoms with Gasteiger partial charge < -0.3 is 5.11 Å². The molecule has 0 bridgehead atoms. The Morgan fingerprint density at radius 2 is 1.97 bits per heavy atom. The quantitative estimate of drug-likeness (QED) is 0.430. The summed E-state index contributed by atoms with van der Waals surface area (Å²) in [5, 5.41) is 16.5. The van der Waals surface area contributed by atoms with Gasteiger partial charge in [-0.25, -0.2) is 14.8 Å². The smallest absolute Gasteiger partial charge is 0.355 e. The Labute approximate surface area is 193 Å². The molecule has 2 N–H and O–H groups in total. The van der Waals surface area contributed by atoms with Crippen molar-refractivity contribution in [1.29, 1.82) is 0 Å². The lowest BCUT2D eigenvalue weighted by Crippen LogP contribution is -2.24. The van der Waals surface area contributed by atoms with Crippen LogP contribution < -0.4 is 0 Å². The minimum absolute atomic E-state index is 0.0308. The summed E-state index contributed by atoms with van der Waals surface area (Å²) < 4.78 is 0. The number of pyridine rings is 1. The van der Waals surface area contributed by atoms with E-state index >= 15 is 0 Å². The van der Waals surface area contributed by atoms with Crippen molar-refractivity contribution in [2.75, 3.05) is 0 Å². The molecular formula is C26H30N4O3. The van der Waals surface area contributed by atoms with E-state index in [0.29, 0.717) is 29.6 Å². The number of Topliss-reactive ketones (excluding diaryl/α,β-unsaturated/α-hetero) is 1. The molecule has 2 heterocycles. The van der Waals surface area contributed by atoms with E-state index < -0.39 is 5.97 Å². The lowest BCUT2D eigenvalue weighted by atomic mass is 9.77. The summed E-state index contributed by atoms with van der Waals surface area (Å²) in [6.45, 7) is 2.21. The fourth-order valence-corrected chi connectivity index (χ4v) is 4.76. The van der Waals surface area contributed by atoms with E-state index in [4.69, 9.17) is 0 Å². The lowest BCUT2D eigenvalue weighted by molar-refractivity contribution is 0.0691. The number of hydrogen-bond donors (Lipinski definition) is 2. The average molecular weight is 447 g/mol. The van der Waals surface area contributed by atoms with Crippen LogP contribution in [-0.2, 0) is 6.42 Å². The molecule has 0 spiro atoms. The lowest BCUT2D eigenvalue weighted by Gasteiger charge is -2.27. The summed E-state index contributed by atoms with van der Waals surface area (Å²) >= 11 is 0.